The molecule has 18 nitrogen and oxygen atoms in total. The predicted molar refractivity (Wildman–Crippen MR) is 150 cm³/mol. The number of hydrogen-bond donors (Lipinski definition) is 2. The lowest BCUT2D eigenvalue weighted by Gasteiger charge is -2.39. The normalized spacial score (nSPS) is 16.2. The van der Waals surface area contributed by atoms with Crippen LogP contribution in [0.2, 0.25) is 0 Å². The first-order valence-corrected chi connectivity index (χ1v) is 14.8. The summed E-state index contributed by atoms with van der Waals surface area (Å²) in [4.78, 5) is 60.3. The summed E-state index contributed by atoms with van der Waals surface area (Å²) in [5, 5.41) is 24.1. The van der Waals surface area contributed by atoms with Crippen molar-refractivity contribution in [2.45, 2.75) is 31.8 Å². The van der Waals surface area contributed by atoms with E-state index in [4.69, 9.17) is 19.4 Å². The minimum Gasteiger partial charge on any atom is -0.445 e. The van der Waals surface area contributed by atoms with Gasteiger partial charge in [-0.1, -0.05) is 0 Å². The average molecular weight is 639 g/mol. The molecule has 1 heterocycles. The van der Waals surface area contributed by atoms with Crippen molar-refractivity contribution in [3.8, 4) is 0 Å². The van der Waals surface area contributed by atoms with E-state index in [1.54, 1.807) is 0 Å². The van der Waals surface area contributed by atoms with Gasteiger partial charge >= 0.3 is 18.2 Å². The van der Waals surface area contributed by atoms with Crippen molar-refractivity contribution in [2.75, 3.05) is 32.4 Å². The first-order chi connectivity index (χ1) is 20.7. The number of nitrogens with zero attached hydrogens (tertiary/aromatic N) is 4. The largest absolute Gasteiger partial charge is 0.445 e. The van der Waals surface area contributed by atoms with Crippen molar-refractivity contribution in [3.05, 3.63) is 79.9 Å². The number of rotatable bonds is 13. The molecule has 0 aliphatic carbocycles. The average Bonchev–Trinajstić information content (AvgIpc) is 3.35. The lowest BCUT2D eigenvalue weighted by molar-refractivity contribution is -0.385. The quantitative estimate of drug-likeness (QED) is 0.182. The topological polar surface area (TPSA) is 244 Å². The maximum Gasteiger partial charge on any atom is 0.412 e. The van der Waals surface area contributed by atoms with Gasteiger partial charge in [-0.25, -0.2) is 18.6 Å². The number of likely N-dealkylation sites (tertiary alicyclic amines) is 1. The van der Waals surface area contributed by atoms with E-state index in [0.29, 0.717) is 11.1 Å². The van der Waals surface area contributed by atoms with Crippen LogP contribution < -0.4 is 11.1 Å². The summed E-state index contributed by atoms with van der Waals surface area (Å²) < 4.78 is 40.8. The van der Waals surface area contributed by atoms with Gasteiger partial charge in [0.15, 0.2) is 5.72 Å². The Morgan fingerprint density at radius 2 is 1.50 bits per heavy atom. The van der Waals surface area contributed by atoms with E-state index in [9.17, 15) is 43.0 Å². The Labute approximate surface area is 251 Å². The van der Waals surface area contributed by atoms with Crippen molar-refractivity contribution in [1.29, 1.82) is 0 Å². The molecule has 1 aliphatic heterocycles. The predicted octanol–water partition coefficient (Wildman–Crippen LogP) is 2.22. The van der Waals surface area contributed by atoms with Gasteiger partial charge in [0.05, 0.1) is 22.6 Å². The number of non-ortho nitro benzene ring substituents is 2. The Bertz CT molecular complexity index is 1490. The highest BCUT2D eigenvalue weighted by molar-refractivity contribution is 7.86. The number of ether oxygens (including phenoxy) is 2. The fourth-order valence-electron chi connectivity index (χ4n) is 4.40. The van der Waals surface area contributed by atoms with E-state index < -0.39 is 50.5 Å². The molecule has 3 N–H and O–H groups in total. The number of hydrogen-bond acceptors (Lipinski definition) is 12. The van der Waals surface area contributed by atoms with E-state index in [-0.39, 0.29) is 57.1 Å². The fourth-order valence-corrected chi connectivity index (χ4v) is 5.19. The van der Waals surface area contributed by atoms with Crippen LogP contribution in [0.4, 0.5) is 25.8 Å². The second-order valence-electron chi connectivity index (χ2n) is 9.66. The molecule has 1 saturated heterocycles. The van der Waals surface area contributed by atoms with E-state index in [1.807, 2.05) is 0 Å². The molecule has 3 rings (SSSR count). The highest BCUT2D eigenvalue weighted by Gasteiger charge is 2.50. The number of nitrogens with two attached hydrogens (primary N) is 1. The Balaban J connectivity index is 1.80. The van der Waals surface area contributed by atoms with Gasteiger partial charge in [-0.3, -0.25) is 25.1 Å². The van der Waals surface area contributed by atoms with Crippen LogP contribution in [-0.4, -0.2) is 84.4 Å². The van der Waals surface area contributed by atoms with Gasteiger partial charge in [-0.2, -0.15) is 8.42 Å². The third-order valence-electron chi connectivity index (χ3n) is 6.36. The lowest BCUT2D eigenvalue weighted by Crippen LogP contribution is -2.58. The molecule has 0 bridgehead atoms. The lowest BCUT2D eigenvalue weighted by atomic mass is 10.1. The first kappa shape index (κ1) is 33.5. The summed E-state index contributed by atoms with van der Waals surface area (Å²) in [6.45, 7) is -1.53. The first-order valence-electron chi connectivity index (χ1n) is 13.0. The number of benzene rings is 2. The zero-order chi connectivity index (χ0) is 32.5. The summed E-state index contributed by atoms with van der Waals surface area (Å²) in [6.07, 6.45) is -0.925. The number of carbonyl (C=O) groups is 3. The summed E-state index contributed by atoms with van der Waals surface area (Å²) in [5.74, 6) is 0. The second-order valence-corrected chi connectivity index (χ2v) is 11.2. The van der Waals surface area contributed by atoms with Crippen LogP contribution in [0.5, 0.6) is 0 Å². The molecule has 1 unspecified atom stereocenters. The summed E-state index contributed by atoms with van der Waals surface area (Å²) in [5.41, 5.74) is 3.72. The highest BCUT2D eigenvalue weighted by atomic mass is 32.2. The number of urea groups is 1. The molecule has 1 aliphatic rings. The maximum absolute atomic E-state index is 13.2. The minimum atomic E-state index is -4.22. The fraction of sp³-hybridized carbons (Fsp3) is 0.400. The van der Waals surface area contributed by atoms with Crippen LogP contribution in [-0.2, 0) is 37.0 Å². The van der Waals surface area contributed by atoms with Gasteiger partial charge in [-0.15, -0.1) is 0 Å². The van der Waals surface area contributed by atoms with Crippen LogP contribution in [0, 0.1) is 20.2 Å². The van der Waals surface area contributed by atoms with E-state index in [0.717, 1.165) is 16.1 Å². The standard InChI is InChI=1S/C25H30N6O12S/c1-44(39,40)43-25(11-2-13-29(25)24(34)42-16-19-5-9-21(10-6-19)31(37)38)17-28(14-12-27-22(26)32)23(33)41-15-18-3-7-20(8-4-18)30(35)36/h3-10H,2,11-17H2,1H3,(H3,26,27,32). The molecule has 0 radical (unpaired) electrons. The van der Waals surface area contributed by atoms with Crippen LogP contribution in [0.25, 0.3) is 0 Å². The second kappa shape index (κ2) is 14.4. The summed E-state index contributed by atoms with van der Waals surface area (Å²) >= 11 is 0. The summed E-state index contributed by atoms with van der Waals surface area (Å²) in [7, 11) is -4.22. The minimum absolute atomic E-state index is 0.000165. The Kier molecular flexibility index (Phi) is 11.0. The van der Waals surface area contributed by atoms with Crippen LogP contribution in [0.15, 0.2) is 48.5 Å². The van der Waals surface area contributed by atoms with Crippen LogP contribution in [0.1, 0.15) is 24.0 Å². The monoisotopic (exact) mass is 638 g/mol. The van der Waals surface area contributed by atoms with E-state index >= 15 is 0 Å². The van der Waals surface area contributed by atoms with E-state index in [2.05, 4.69) is 5.32 Å². The van der Waals surface area contributed by atoms with Crippen molar-refractivity contribution < 1.29 is 46.3 Å². The Morgan fingerprint density at radius 1 is 0.977 bits per heavy atom. The molecule has 238 valence electrons. The SMILES string of the molecule is CS(=O)(=O)OC1(CN(CCNC(N)=O)C(=O)OCc2ccc([N+](=O)[O-])cc2)CCCN1C(=O)OCc1ccc([N+](=O)[O-])cc1. The molecule has 1 fully saturated rings. The van der Waals surface area contributed by atoms with Gasteiger partial charge < -0.3 is 25.4 Å². The molecule has 2 aromatic rings. The summed E-state index contributed by atoms with van der Waals surface area (Å²) in [6, 6.07) is 9.59. The molecule has 1 atom stereocenters. The van der Waals surface area contributed by atoms with Gasteiger partial charge in [0.1, 0.15) is 13.2 Å². The third kappa shape index (κ3) is 9.49. The van der Waals surface area contributed by atoms with Crippen LogP contribution in [0.3, 0.4) is 0 Å². The third-order valence-corrected chi connectivity index (χ3v) is 6.98. The zero-order valence-electron chi connectivity index (χ0n) is 23.4. The maximum atomic E-state index is 13.2. The number of amides is 4. The van der Waals surface area contributed by atoms with Crippen LogP contribution >= 0.6 is 0 Å². The molecule has 0 saturated carbocycles. The highest BCUT2D eigenvalue weighted by Crippen LogP contribution is 2.34. The number of nitro groups is 2. The zero-order valence-corrected chi connectivity index (χ0v) is 24.3. The molecular weight excluding hydrogens is 608 g/mol. The van der Waals surface area contributed by atoms with Gasteiger partial charge in [-0.05, 0) is 41.8 Å². The molecular formula is C25H30N6O12S. The molecule has 0 spiro atoms. The van der Waals surface area contributed by atoms with Crippen molar-refractivity contribution in [1.82, 2.24) is 15.1 Å². The van der Waals surface area contributed by atoms with Crippen molar-refractivity contribution in [3.63, 3.8) is 0 Å². The number of primary amides is 1. The molecule has 2 aromatic carbocycles. The number of nitro benzene ring substituents is 2. The molecule has 19 heteroatoms. The molecule has 4 amide bonds. The Hall–Kier alpha value is -5.04. The molecule has 44 heavy (non-hydrogen) atoms. The van der Waals surface area contributed by atoms with Crippen molar-refractivity contribution in [2.24, 2.45) is 5.73 Å². The van der Waals surface area contributed by atoms with Gasteiger partial charge in [0, 0.05) is 50.3 Å². The van der Waals surface area contributed by atoms with Gasteiger partial charge in [0.2, 0.25) is 0 Å². The smallest absolute Gasteiger partial charge is 0.412 e. The van der Waals surface area contributed by atoms with Gasteiger partial charge in [0.25, 0.3) is 21.5 Å². The van der Waals surface area contributed by atoms with Crippen molar-refractivity contribution >= 4 is 39.7 Å². The number of nitrogens with one attached hydrogen (secondary N) is 1. The van der Waals surface area contributed by atoms with E-state index in [1.165, 1.54) is 48.5 Å². The Morgan fingerprint density at radius 3 is 1.98 bits per heavy atom. The number of carbonyl (C=O) groups excluding carboxylic acids is 3. The molecule has 0 aromatic heterocycles.